The minimum Gasteiger partial charge on any atom is -0.196 e. The summed E-state index contributed by atoms with van der Waals surface area (Å²) in [6.07, 6.45) is 9.67. The quantitative estimate of drug-likeness (QED) is 0.655. The van der Waals surface area contributed by atoms with Crippen molar-refractivity contribution in [1.29, 1.82) is 10.5 Å². The fourth-order valence-corrected chi connectivity index (χ4v) is 1.97. The molecule has 1 fully saturated rings. The highest BCUT2D eigenvalue weighted by molar-refractivity contribution is 5.29. The number of allylic oxidation sites excluding steroid dienone is 3. The van der Waals surface area contributed by atoms with E-state index < -0.39 is 5.41 Å². The maximum absolute atomic E-state index is 9.07. The van der Waals surface area contributed by atoms with Crippen LogP contribution in [-0.4, -0.2) is 0 Å². The maximum atomic E-state index is 9.07. The smallest absolute Gasteiger partial charge is 0.165 e. The molecule has 2 heteroatoms. The van der Waals surface area contributed by atoms with Gasteiger partial charge in [-0.15, -0.1) is 6.58 Å². The Balaban J connectivity index is 2.86. The van der Waals surface area contributed by atoms with E-state index in [0.717, 1.165) is 12.8 Å². The van der Waals surface area contributed by atoms with Crippen molar-refractivity contribution in [3.8, 4) is 12.1 Å². The molecule has 0 aromatic carbocycles. The molecule has 0 aliphatic heterocycles. The van der Waals surface area contributed by atoms with E-state index >= 15 is 0 Å². The van der Waals surface area contributed by atoms with E-state index in [-0.39, 0.29) is 0 Å². The lowest BCUT2D eigenvalue weighted by Crippen LogP contribution is -2.13. The van der Waals surface area contributed by atoms with Gasteiger partial charge in [-0.2, -0.15) is 10.5 Å². The minimum atomic E-state index is -0.978. The molecule has 0 aromatic heterocycles. The van der Waals surface area contributed by atoms with Crippen LogP contribution in [-0.2, 0) is 0 Å². The Morgan fingerprint density at radius 3 is 2.27 bits per heavy atom. The first-order valence-electron chi connectivity index (χ1n) is 5.40. The normalized spacial score (nSPS) is 16.3. The van der Waals surface area contributed by atoms with Gasteiger partial charge in [0.1, 0.15) is 0 Å². The SMILES string of the molecule is C=CCC(C#N)(C#N)C=C1CCCCC1. The predicted octanol–water partition coefficient (Wildman–Crippen LogP) is 3.49. The van der Waals surface area contributed by atoms with Crippen LogP contribution in [0.2, 0.25) is 0 Å². The summed E-state index contributed by atoms with van der Waals surface area (Å²) >= 11 is 0. The van der Waals surface area contributed by atoms with Gasteiger partial charge in [-0.3, -0.25) is 0 Å². The second-order valence-electron chi connectivity index (χ2n) is 4.05. The van der Waals surface area contributed by atoms with Crippen LogP contribution in [0.4, 0.5) is 0 Å². The molecule has 2 nitrogen and oxygen atoms in total. The van der Waals surface area contributed by atoms with Gasteiger partial charge in [0.15, 0.2) is 5.41 Å². The van der Waals surface area contributed by atoms with Gasteiger partial charge in [0.05, 0.1) is 12.1 Å². The lowest BCUT2D eigenvalue weighted by Gasteiger charge is -2.18. The molecule has 1 aliphatic carbocycles. The number of nitriles is 2. The maximum Gasteiger partial charge on any atom is 0.165 e. The molecule has 0 atom stereocenters. The molecule has 0 unspecified atom stereocenters. The van der Waals surface area contributed by atoms with Crippen molar-refractivity contribution in [2.24, 2.45) is 5.41 Å². The largest absolute Gasteiger partial charge is 0.196 e. The number of hydrogen-bond acceptors (Lipinski definition) is 2. The van der Waals surface area contributed by atoms with E-state index in [9.17, 15) is 0 Å². The second-order valence-corrected chi connectivity index (χ2v) is 4.05. The van der Waals surface area contributed by atoms with E-state index in [1.54, 1.807) is 6.08 Å². The van der Waals surface area contributed by atoms with Crippen molar-refractivity contribution in [3.05, 3.63) is 24.3 Å². The summed E-state index contributed by atoms with van der Waals surface area (Å²) in [5, 5.41) is 18.1. The van der Waals surface area contributed by atoms with Gasteiger partial charge in [0, 0.05) is 6.42 Å². The molecule has 0 bridgehead atoms. The summed E-state index contributed by atoms with van der Waals surface area (Å²) < 4.78 is 0. The van der Waals surface area contributed by atoms with Gasteiger partial charge in [-0.05, 0) is 25.7 Å². The van der Waals surface area contributed by atoms with Crippen molar-refractivity contribution in [3.63, 3.8) is 0 Å². The number of hydrogen-bond donors (Lipinski definition) is 0. The standard InChI is InChI=1S/C13H16N2/c1-2-8-13(10-14,11-15)9-12-6-4-3-5-7-12/h2,9H,1,3-8H2. The molecule has 0 aromatic rings. The highest BCUT2D eigenvalue weighted by atomic mass is 14.4. The van der Waals surface area contributed by atoms with E-state index in [0.29, 0.717) is 6.42 Å². The van der Waals surface area contributed by atoms with Gasteiger partial charge < -0.3 is 0 Å². The van der Waals surface area contributed by atoms with Crippen LogP contribution in [0.15, 0.2) is 24.3 Å². The summed E-state index contributed by atoms with van der Waals surface area (Å²) in [4.78, 5) is 0. The van der Waals surface area contributed by atoms with Crippen molar-refractivity contribution in [2.75, 3.05) is 0 Å². The third kappa shape index (κ3) is 2.96. The Morgan fingerprint density at radius 1 is 1.20 bits per heavy atom. The molecular weight excluding hydrogens is 184 g/mol. The first kappa shape index (κ1) is 11.5. The number of rotatable bonds is 3. The average molecular weight is 200 g/mol. The summed E-state index contributed by atoms with van der Waals surface area (Å²) in [5.41, 5.74) is 0.292. The highest BCUT2D eigenvalue weighted by Gasteiger charge is 2.26. The Kier molecular flexibility index (Phi) is 4.13. The Hall–Kier alpha value is -1.54. The van der Waals surface area contributed by atoms with Gasteiger partial charge >= 0.3 is 0 Å². The molecule has 0 N–H and O–H groups in total. The fourth-order valence-electron chi connectivity index (χ4n) is 1.97. The third-order valence-corrected chi connectivity index (χ3v) is 2.81. The van der Waals surface area contributed by atoms with Crippen LogP contribution in [0.1, 0.15) is 38.5 Å². The average Bonchev–Trinajstić information content (AvgIpc) is 2.30. The van der Waals surface area contributed by atoms with E-state index in [2.05, 4.69) is 18.7 Å². The van der Waals surface area contributed by atoms with Gasteiger partial charge in [0.2, 0.25) is 0 Å². The Bertz CT molecular complexity index is 317. The monoisotopic (exact) mass is 200 g/mol. The lowest BCUT2D eigenvalue weighted by molar-refractivity contribution is 0.578. The van der Waals surface area contributed by atoms with Crippen LogP contribution >= 0.6 is 0 Å². The molecule has 0 heterocycles. The minimum absolute atomic E-state index is 0.420. The van der Waals surface area contributed by atoms with Crippen molar-refractivity contribution < 1.29 is 0 Å². The van der Waals surface area contributed by atoms with Crippen molar-refractivity contribution in [2.45, 2.75) is 38.5 Å². The molecule has 1 rings (SSSR count). The molecule has 0 saturated heterocycles. The summed E-state index contributed by atoms with van der Waals surface area (Å²) in [5.74, 6) is 0. The first-order valence-corrected chi connectivity index (χ1v) is 5.40. The second kappa shape index (κ2) is 5.37. The predicted molar refractivity (Wildman–Crippen MR) is 59.6 cm³/mol. The Morgan fingerprint density at radius 2 is 1.80 bits per heavy atom. The summed E-state index contributed by atoms with van der Waals surface area (Å²) in [7, 11) is 0. The van der Waals surface area contributed by atoms with Gasteiger partial charge in [-0.1, -0.05) is 24.1 Å². The molecule has 0 spiro atoms. The molecule has 1 saturated carbocycles. The molecule has 0 radical (unpaired) electrons. The van der Waals surface area contributed by atoms with Gasteiger partial charge in [-0.25, -0.2) is 0 Å². The lowest BCUT2D eigenvalue weighted by atomic mass is 9.82. The molecule has 1 aliphatic rings. The van der Waals surface area contributed by atoms with Gasteiger partial charge in [0.25, 0.3) is 0 Å². The van der Waals surface area contributed by atoms with Crippen LogP contribution in [0.25, 0.3) is 0 Å². The van der Waals surface area contributed by atoms with Crippen LogP contribution in [0.3, 0.4) is 0 Å². The molecule has 0 amide bonds. The van der Waals surface area contributed by atoms with E-state index in [1.165, 1.54) is 24.8 Å². The van der Waals surface area contributed by atoms with E-state index in [1.807, 2.05) is 6.08 Å². The first-order chi connectivity index (χ1) is 7.26. The highest BCUT2D eigenvalue weighted by Crippen LogP contribution is 2.30. The molecular formula is C13H16N2. The zero-order valence-electron chi connectivity index (χ0n) is 9.00. The van der Waals surface area contributed by atoms with Crippen LogP contribution < -0.4 is 0 Å². The van der Waals surface area contributed by atoms with Crippen LogP contribution in [0, 0.1) is 28.1 Å². The number of nitrogens with zero attached hydrogens (tertiary/aromatic N) is 2. The zero-order chi connectivity index (χ0) is 11.1. The van der Waals surface area contributed by atoms with Crippen LogP contribution in [0.5, 0.6) is 0 Å². The fraction of sp³-hybridized carbons (Fsp3) is 0.538. The summed E-state index contributed by atoms with van der Waals surface area (Å²) in [6, 6.07) is 4.21. The molecule has 15 heavy (non-hydrogen) atoms. The topological polar surface area (TPSA) is 47.6 Å². The zero-order valence-corrected chi connectivity index (χ0v) is 9.00. The third-order valence-electron chi connectivity index (χ3n) is 2.81. The Labute approximate surface area is 91.5 Å². The summed E-state index contributed by atoms with van der Waals surface area (Å²) in [6.45, 7) is 3.60. The van der Waals surface area contributed by atoms with Crippen molar-refractivity contribution >= 4 is 0 Å². The van der Waals surface area contributed by atoms with E-state index in [4.69, 9.17) is 10.5 Å². The molecule has 78 valence electrons. The van der Waals surface area contributed by atoms with Crippen molar-refractivity contribution in [1.82, 2.24) is 0 Å².